The van der Waals surface area contributed by atoms with Crippen LogP contribution >= 0.6 is 11.6 Å². The Morgan fingerprint density at radius 1 is 0.958 bits per heavy atom. The molecule has 252 valence electrons. The van der Waals surface area contributed by atoms with Crippen LogP contribution in [-0.4, -0.2) is 41.6 Å². The largest absolute Gasteiger partial charge is 0.512 e. The van der Waals surface area contributed by atoms with Gasteiger partial charge in [-0.25, -0.2) is 14.2 Å². The third kappa shape index (κ3) is 5.80. The van der Waals surface area contributed by atoms with Crippen LogP contribution in [0.1, 0.15) is 78.6 Å². The number of ether oxygens (including phenoxy) is 1. The Kier molecular flexibility index (Phi) is 8.30. The Labute approximate surface area is 284 Å². The van der Waals surface area contributed by atoms with Crippen molar-refractivity contribution in [1.82, 2.24) is 24.4 Å². The number of hydrogen-bond acceptors (Lipinski definition) is 8. The third-order valence-corrected chi connectivity index (χ3v) is 10.0. The van der Waals surface area contributed by atoms with Gasteiger partial charge in [-0.3, -0.25) is 4.79 Å². The number of carbonyl (C=O) groups is 1. The highest BCUT2D eigenvalue weighted by Gasteiger charge is 2.48. The summed E-state index contributed by atoms with van der Waals surface area (Å²) in [5.41, 5.74) is 7.44. The standard InChI is InChI=1S/C37H43ClN6O4/c1-19-17-23(36(3,4)5)30(24(18-19)37(6,7)8)48-35(47)29-28(21-13-15-22(38)16-14-21)33(44-41-25-11-9-10-12-26(25)42-44)43-32(29)40-31(39)27(20(2)45)34(43)46/h9-16,19,23-24,30,45H,17-18H2,1-8H3,(H2,39,40)/b27-20-. The fraction of sp³-hybridized carbons (Fsp3) is 0.432. The minimum Gasteiger partial charge on any atom is -0.512 e. The number of rotatable bonds is 4. The third-order valence-electron chi connectivity index (χ3n) is 9.77. The van der Waals surface area contributed by atoms with E-state index < -0.39 is 17.6 Å². The second kappa shape index (κ2) is 11.9. The average Bonchev–Trinajstić information content (AvgIpc) is 3.56. The monoisotopic (exact) mass is 670 g/mol. The van der Waals surface area contributed by atoms with E-state index in [2.05, 4.69) is 53.5 Å². The normalized spacial score (nSPS) is 21.1. The molecule has 5 aromatic rings. The topological polar surface area (TPSA) is 138 Å². The highest BCUT2D eigenvalue weighted by Crippen LogP contribution is 2.50. The first-order valence-corrected chi connectivity index (χ1v) is 16.7. The lowest BCUT2D eigenvalue weighted by Crippen LogP contribution is -2.49. The number of fused-ring (bicyclic) bond motifs is 2. The van der Waals surface area contributed by atoms with Crippen LogP contribution in [-0.2, 0) is 4.74 Å². The summed E-state index contributed by atoms with van der Waals surface area (Å²) < 4.78 is 7.94. The predicted molar refractivity (Wildman–Crippen MR) is 189 cm³/mol. The van der Waals surface area contributed by atoms with E-state index >= 15 is 0 Å². The van der Waals surface area contributed by atoms with Gasteiger partial charge in [0.1, 0.15) is 39.5 Å². The van der Waals surface area contributed by atoms with Crippen LogP contribution in [0.4, 0.5) is 5.82 Å². The van der Waals surface area contributed by atoms with E-state index in [1.54, 1.807) is 36.4 Å². The number of halogens is 1. The number of benzene rings is 2. The number of aliphatic hydroxyl groups excluding tert-OH is 1. The number of esters is 1. The van der Waals surface area contributed by atoms with Gasteiger partial charge in [-0.1, -0.05) is 84.3 Å². The van der Waals surface area contributed by atoms with Crippen molar-refractivity contribution in [2.75, 3.05) is 5.73 Å². The molecule has 3 N–H and O–H groups in total. The van der Waals surface area contributed by atoms with Gasteiger partial charge in [0, 0.05) is 22.4 Å². The van der Waals surface area contributed by atoms with Crippen LogP contribution in [0.2, 0.25) is 5.02 Å². The number of nitrogens with zero attached hydrogens (tertiary/aromatic N) is 5. The van der Waals surface area contributed by atoms with Crippen LogP contribution in [0.15, 0.2) is 53.3 Å². The first-order valence-electron chi connectivity index (χ1n) is 16.3. The van der Waals surface area contributed by atoms with Crippen molar-refractivity contribution in [3.05, 3.63) is 74.7 Å². The molecule has 3 aromatic heterocycles. The molecule has 0 aliphatic heterocycles. The van der Waals surface area contributed by atoms with Crippen molar-refractivity contribution in [3.8, 4) is 16.9 Å². The molecule has 2 unspecified atom stereocenters. The van der Waals surface area contributed by atoms with Crippen molar-refractivity contribution < 1.29 is 14.6 Å². The minimum atomic E-state index is -0.672. The van der Waals surface area contributed by atoms with Crippen molar-refractivity contribution in [3.63, 3.8) is 0 Å². The van der Waals surface area contributed by atoms with Crippen LogP contribution in [0.25, 0.3) is 39.4 Å². The van der Waals surface area contributed by atoms with Gasteiger partial charge in [-0.2, -0.15) is 0 Å². The molecule has 0 spiro atoms. The molecule has 11 heteroatoms. The van der Waals surface area contributed by atoms with Gasteiger partial charge in [0.05, 0.1) is 0 Å². The lowest BCUT2D eigenvalue weighted by molar-refractivity contribution is -0.0922. The van der Waals surface area contributed by atoms with Crippen LogP contribution < -0.4 is 16.5 Å². The van der Waals surface area contributed by atoms with Gasteiger partial charge in [-0.05, 0) is 66.3 Å². The number of aromatic nitrogens is 5. The zero-order chi connectivity index (χ0) is 34.9. The predicted octanol–water partition coefficient (Wildman–Crippen LogP) is 7.02. The van der Waals surface area contributed by atoms with Gasteiger partial charge in [0.2, 0.25) is 0 Å². The van der Waals surface area contributed by atoms with Gasteiger partial charge in [0.25, 0.3) is 5.56 Å². The van der Waals surface area contributed by atoms with Crippen molar-refractivity contribution in [2.24, 2.45) is 28.6 Å². The van der Waals surface area contributed by atoms with Gasteiger partial charge in [-0.15, -0.1) is 15.0 Å². The molecular weight excluding hydrogens is 628 g/mol. The number of anilines is 1. The maximum Gasteiger partial charge on any atom is 0.343 e. The molecule has 2 aromatic carbocycles. The van der Waals surface area contributed by atoms with E-state index in [0.29, 0.717) is 33.1 Å². The van der Waals surface area contributed by atoms with Crippen molar-refractivity contribution in [2.45, 2.75) is 74.3 Å². The van der Waals surface area contributed by atoms with Gasteiger partial charge in [0.15, 0.2) is 11.5 Å². The van der Waals surface area contributed by atoms with Crippen molar-refractivity contribution >= 4 is 45.8 Å². The molecular formula is C37H43ClN6O4. The number of nitrogen functional groups attached to an aromatic ring is 1. The average molecular weight is 671 g/mol. The fourth-order valence-corrected chi connectivity index (χ4v) is 7.48. The molecule has 48 heavy (non-hydrogen) atoms. The number of carbonyl (C=O) groups excluding carboxylic acids is 1. The molecule has 1 saturated carbocycles. The highest BCUT2D eigenvalue weighted by molar-refractivity contribution is 6.30. The lowest BCUT2D eigenvalue weighted by Gasteiger charge is -2.50. The molecule has 10 nitrogen and oxygen atoms in total. The van der Waals surface area contributed by atoms with E-state index in [0.717, 1.165) is 12.8 Å². The number of aliphatic hydroxyl groups is 1. The van der Waals surface area contributed by atoms with Crippen LogP contribution in [0.5, 0.6) is 0 Å². The molecule has 1 aliphatic rings. The lowest BCUT2D eigenvalue weighted by atomic mass is 9.59. The summed E-state index contributed by atoms with van der Waals surface area (Å²) in [6.45, 7) is 16.8. The molecule has 0 saturated heterocycles. The summed E-state index contributed by atoms with van der Waals surface area (Å²) in [7, 11) is 0. The van der Waals surface area contributed by atoms with Crippen molar-refractivity contribution in [1.29, 1.82) is 0 Å². The summed E-state index contributed by atoms with van der Waals surface area (Å²) in [5.74, 6) is -0.379. The maximum absolute atomic E-state index is 14.9. The fourth-order valence-electron chi connectivity index (χ4n) is 7.36. The summed E-state index contributed by atoms with van der Waals surface area (Å²) in [6.07, 6.45) is 1.41. The summed E-state index contributed by atoms with van der Waals surface area (Å²) in [4.78, 5) is 35.1. The Bertz CT molecular complexity index is 2100. The quantitative estimate of drug-likeness (QED) is 0.195. The minimum absolute atomic E-state index is 0.0161. The van der Waals surface area contributed by atoms with Crippen LogP contribution in [0, 0.1) is 28.6 Å². The molecule has 1 aliphatic carbocycles. The summed E-state index contributed by atoms with van der Waals surface area (Å²) in [6, 6.07) is 14.2. The molecule has 0 radical (unpaired) electrons. The first kappa shape index (κ1) is 33.5. The number of nitrogens with two attached hydrogens (primary N) is 1. The zero-order valence-electron chi connectivity index (χ0n) is 28.7. The number of hydrogen-bond donors (Lipinski definition) is 2. The SMILES string of the molecule is C/C(O)=c1\c(N)nc2c(C(=O)OC3C(C(C)(C)C)CC(C)CC3C(C)(C)C)c(-c3ccc(Cl)cc3)c(-n3nc4ccccc4n3)n2c1=O. The molecule has 1 fully saturated rings. The Hall–Kier alpha value is -4.44. The second-order valence-electron chi connectivity index (χ2n) is 15.4. The zero-order valence-corrected chi connectivity index (χ0v) is 29.5. The van der Waals surface area contributed by atoms with E-state index in [1.807, 2.05) is 12.1 Å². The van der Waals surface area contributed by atoms with Crippen LogP contribution in [0.3, 0.4) is 0 Å². The first-order chi connectivity index (χ1) is 22.5. The Morgan fingerprint density at radius 3 is 2.00 bits per heavy atom. The smallest absolute Gasteiger partial charge is 0.343 e. The summed E-state index contributed by atoms with van der Waals surface area (Å²) >= 11 is 6.31. The van der Waals surface area contributed by atoms with E-state index in [-0.39, 0.29) is 56.5 Å². The molecule has 0 bridgehead atoms. The second-order valence-corrected chi connectivity index (χ2v) is 15.8. The molecule has 3 heterocycles. The van der Waals surface area contributed by atoms with Gasteiger partial charge >= 0.3 is 5.97 Å². The molecule has 6 rings (SSSR count). The molecule has 0 amide bonds. The van der Waals surface area contributed by atoms with E-state index in [4.69, 9.17) is 32.3 Å². The highest BCUT2D eigenvalue weighted by atomic mass is 35.5. The maximum atomic E-state index is 14.9. The van der Waals surface area contributed by atoms with E-state index in [1.165, 1.54) is 16.1 Å². The Morgan fingerprint density at radius 2 is 1.50 bits per heavy atom. The Balaban J connectivity index is 1.69. The molecule has 2 atom stereocenters. The van der Waals surface area contributed by atoms with Gasteiger partial charge < -0.3 is 15.6 Å². The van der Waals surface area contributed by atoms with E-state index in [9.17, 15) is 14.7 Å². The summed E-state index contributed by atoms with van der Waals surface area (Å²) in [5, 5.41) is 20.3.